The van der Waals surface area contributed by atoms with Gasteiger partial charge >= 0.3 is 0 Å². The zero-order valence-electron chi connectivity index (χ0n) is 18.1. The normalized spacial score (nSPS) is 18.3. The average Bonchev–Trinajstić information content (AvgIpc) is 3.07. The molecule has 1 aliphatic carbocycles. The molecule has 2 N–H and O–H groups in total. The van der Waals surface area contributed by atoms with Crippen LogP contribution in [0.2, 0.25) is 0 Å². The van der Waals surface area contributed by atoms with Crippen LogP contribution in [0.1, 0.15) is 57.9 Å². The van der Waals surface area contributed by atoms with Gasteiger partial charge in [0.1, 0.15) is 0 Å². The molecule has 6 heteroatoms. The molecule has 0 spiro atoms. The van der Waals surface area contributed by atoms with Crippen molar-refractivity contribution in [3.05, 3.63) is 23.8 Å². The van der Waals surface area contributed by atoms with Crippen molar-refractivity contribution < 1.29 is 14.2 Å². The third-order valence-corrected chi connectivity index (χ3v) is 5.85. The van der Waals surface area contributed by atoms with Crippen molar-refractivity contribution in [2.75, 3.05) is 39.5 Å². The zero-order chi connectivity index (χ0) is 20.4. The van der Waals surface area contributed by atoms with E-state index in [0.717, 1.165) is 62.2 Å². The van der Waals surface area contributed by atoms with Crippen LogP contribution in [0, 0.1) is 5.41 Å². The van der Waals surface area contributed by atoms with Gasteiger partial charge in [-0.1, -0.05) is 18.9 Å². The van der Waals surface area contributed by atoms with Crippen LogP contribution < -0.4 is 20.1 Å². The Bertz CT molecular complexity index is 657. The first-order valence-corrected chi connectivity index (χ1v) is 11.2. The molecule has 0 bridgehead atoms. The first-order valence-electron chi connectivity index (χ1n) is 11.2. The molecule has 1 heterocycles. The molecule has 1 aromatic carbocycles. The van der Waals surface area contributed by atoms with Crippen molar-refractivity contribution in [1.82, 2.24) is 10.6 Å². The van der Waals surface area contributed by atoms with E-state index in [2.05, 4.69) is 30.5 Å². The van der Waals surface area contributed by atoms with E-state index in [1.54, 1.807) is 0 Å². The second-order valence-electron chi connectivity index (χ2n) is 8.03. The van der Waals surface area contributed by atoms with Gasteiger partial charge in [0, 0.05) is 32.7 Å². The summed E-state index contributed by atoms with van der Waals surface area (Å²) in [5, 5.41) is 6.99. The molecule has 1 fully saturated rings. The fraction of sp³-hybridized carbons (Fsp3) is 0.696. The molecule has 0 amide bonds. The van der Waals surface area contributed by atoms with E-state index >= 15 is 0 Å². The van der Waals surface area contributed by atoms with Crippen molar-refractivity contribution in [3.8, 4) is 11.5 Å². The third-order valence-electron chi connectivity index (χ3n) is 5.85. The van der Waals surface area contributed by atoms with Crippen LogP contribution >= 0.6 is 0 Å². The number of rotatable bonds is 9. The van der Waals surface area contributed by atoms with E-state index in [-0.39, 0.29) is 0 Å². The lowest BCUT2D eigenvalue weighted by Gasteiger charge is -2.30. The lowest BCUT2D eigenvalue weighted by Crippen LogP contribution is -2.43. The summed E-state index contributed by atoms with van der Waals surface area (Å²) in [4.78, 5) is 4.81. The van der Waals surface area contributed by atoms with Crippen molar-refractivity contribution in [1.29, 1.82) is 0 Å². The minimum absolute atomic E-state index is 0.334. The topological polar surface area (TPSA) is 64.1 Å². The van der Waals surface area contributed by atoms with Gasteiger partial charge in [0.05, 0.1) is 19.8 Å². The summed E-state index contributed by atoms with van der Waals surface area (Å²) in [7, 11) is 0. The Hall–Kier alpha value is -1.95. The van der Waals surface area contributed by atoms with Gasteiger partial charge < -0.3 is 24.8 Å². The minimum atomic E-state index is 0.334. The highest BCUT2D eigenvalue weighted by atomic mass is 16.5. The Labute approximate surface area is 175 Å². The summed E-state index contributed by atoms with van der Waals surface area (Å²) in [5.41, 5.74) is 1.46. The highest BCUT2D eigenvalue weighted by Crippen LogP contribution is 2.40. The third kappa shape index (κ3) is 6.53. The number of guanidine groups is 1. The number of hydrogen-bond acceptors (Lipinski definition) is 4. The Balaban J connectivity index is 1.60. The van der Waals surface area contributed by atoms with Crippen LogP contribution in [-0.2, 0) is 11.3 Å². The van der Waals surface area contributed by atoms with E-state index in [9.17, 15) is 0 Å². The Morgan fingerprint density at radius 2 is 1.86 bits per heavy atom. The van der Waals surface area contributed by atoms with Crippen molar-refractivity contribution in [2.45, 2.75) is 58.9 Å². The molecule has 29 heavy (non-hydrogen) atoms. The average molecular weight is 404 g/mol. The van der Waals surface area contributed by atoms with Gasteiger partial charge in [-0.15, -0.1) is 0 Å². The Kier molecular flexibility index (Phi) is 8.47. The predicted molar refractivity (Wildman–Crippen MR) is 117 cm³/mol. The zero-order valence-corrected chi connectivity index (χ0v) is 18.1. The molecule has 0 saturated heterocycles. The quantitative estimate of drug-likeness (QED) is 0.372. The van der Waals surface area contributed by atoms with Crippen LogP contribution in [0.25, 0.3) is 0 Å². The number of nitrogens with one attached hydrogen (secondary N) is 2. The number of benzene rings is 1. The molecule has 0 atom stereocenters. The largest absolute Gasteiger partial charge is 0.490 e. The smallest absolute Gasteiger partial charge is 0.191 e. The maximum Gasteiger partial charge on any atom is 0.191 e. The number of ether oxygens (including phenoxy) is 3. The number of fused-ring (bicyclic) bond motifs is 1. The number of aliphatic imine (C=N–C) groups is 1. The Morgan fingerprint density at radius 3 is 2.62 bits per heavy atom. The van der Waals surface area contributed by atoms with Gasteiger partial charge in [0.25, 0.3) is 0 Å². The van der Waals surface area contributed by atoms with Crippen LogP contribution in [0.4, 0.5) is 0 Å². The van der Waals surface area contributed by atoms with E-state index in [0.29, 0.717) is 25.2 Å². The summed E-state index contributed by atoms with van der Waals surface area (Å²) >= 11 is 0. The van der Waals surface area contributed by atoms with Gasteiger partial charge in [0.15, 0.2) is 17.5 Å². The molecule has 1 aliphatic heterocycles. The van der Waals surface area contributed by atoms with Crippen molar-refractivity contribution in [3.63, 3.8) is 0 Å². The van der Waals surface area contributed by atoms with E-state index in [1.807, 2.05) is 12.1 Å². The van der Waals surface area contributed by atoms with Gasteiger partial charge in [-0.2, -0.15) is 0 Å². The fourth-order valence-corrected chi connectivity index (χ4v) is 4.16. The monoisotopic (exact) mass is 403 g/mol. The summed E-state index contributed by atoms with van der Waals surface area (Å²) in [5.74, 6) is 2.54. The summed E-state index contributed by atoms with van der Waals surface area (Å²) in [6, 6.07) is 6.11. The molecule has 6 nitrogen and oxygen atoms in total. The first kappa shape index (κ1) is 21.8. The molecule has 0 unspecified atom stereocenters. The molecular formula is C23H37N3O3. The molecule has 3 rings (SSSR count). The van der Waals surface area contributed by atoms with Gasteiger partial charge in [0.2, 0.25) is 0 Å². The highest BCUT2D eigenvalue weighted by Gasteiger charge is 2.33. The maximum atomic E-state index is 5.80. The summed E-state index contributed by atoms with van der Waals surface area (Å²) in [6.07, 6.45) is 7.22. The SMILES string of the molecule is CCNC(=NCc1ccc2c(c1)OCCCO2)NCC1(CCOCC)CCCC1. The van der Waals surface area contributed by atoms with Crippen LogP contribution in [-0.4, -0.2) is 45.5 Å². The number of nitrogens with zero attached hydrogens (tertiary/aromatic N) is 1. The minimum Gasteiger partial charge on any atom is -0.490 e. The predicted octanol–water partition coefficient (Wildman–Crippen LogP) is 3.89. The molecule has 1 aromatic rings. The standard InChI is InChI=1S/C23H37N3O3/c1-3-24-22(26-18-23(10-5-6-11-23)12-15-27-4-2)25-17-19-8-9-20-21(16-19)29-14-7-13-28-20/h8-9,16H,3-7,10-15,17-18H2,1-2H3,(H2,24,25,26). The summed E-state index contributed by atoms with van der Waals surface area (Å²) < 4.78 is 17.2. The van der Waals surface area contributed by atoms with E-state index in [4.69, 9.17) is 19.2 Å². The van der Waals surface area contributed by atoms with Crippen LogP contribution in [0.5, 0.6) is 11.5 Å². The van der Waals surface area contributed by atoms with Crippen molar-refractivity contribution in [2.24, 2.45) is 10.4 Å². The highest BCUT2D eigenvalue weighted by molar-refractivity contribution is 5.79. The lowest BCUT2D eigenvalue weighted by molar-refractivity contribution is 0.105. The molecule has 0 radical (unpaired) electrons. The van der Waals surface area contributed by atoms with Gasteiger partial charge in [-0.25, -0.2) is 4.99 Å². The molecule has 0 aromatic heterocycles. The second kappa shape index (κ2) is 11.3. The van der Waals surface area contributed by atoms with Gasteiger partial charge in [-0.3, -0.25) is 0 Å². The van der Waals surface area contributed by atoms with E-state index in [1.165, 1.54) is 25.7 Å². The molecule has 162 valence electrons. The fourth-order valence-electron chi connectivity index (χ4n) is 4.16. The second-order valence-corrected chi connectivity index (χ2v) is 8.03. The lowest BCUT2D eigenvalue weighted by atomic mass is 9.83. The first-order chi connectivity index (χ1) is 14.2. The molecule has 2 aliphatic rings. The molecule has 1 saturated carbocycles. The molecular weight excluding hydrogens is 366 g/mol. The summed E-state index contributed by atoms with van der Waals surface area (Å²) in [6.45, 7) is 9.63. The number of hydrogen-bond donors (Lipinski definition) is 2. The van der Waals surface area contributed by atoms with E-state index < -0.39 is 0 Å². The van der Waals surface area contributed by atoms with Crippen LogP contribution in [0.15, 0.2) is 23.2 Å². The Morgan fingerprint density at radius 1 is 1.07 bits per heavy atom. The van der Waals surface area contributed by atoms with Crippen LogP contribution in [0.3, 0.4) is 0 Å². The maximum absolute atomic E-state index is 5.80. The van der Waals surface area contributed by atoms with Crippen molar-refractivity contribution >= 4 is 5.96 Å². The van der Waals surface area contributed by atoms with Gasteiger partial charge in [-0.05, 0) is 56.2 Å².